The van der Waals surface area contributed by atoms with Crippen LogP contribution in [0.25, 0.3) is 0 Å². The van der Waals surface area contributed by atoms with Crippen molar-refractivity contribution in [2.45, 2.75) is 6.92 Å². The second-order valence-corrected chi connectivity index (χ2v) is 3.18. The molecule has 1 heterocycles. The molecule has 0 bridgehead atoms. The molecule has 1 rings (SSSR count). The zero-order valence-corrected chi connectivity index (χ0v) is 9.62. The maximum absolute atomic E-state index is 11.3. The minimum Gasteiger partial charge on any atom is -0.619 e. The molecule has 18 heavy (non-hydrogen) atoms. The number of hydrogen-bond acceptors (Lipinski definition) is 5. The second kappa shape index (κ2) is 6.24. The Labute approximate surface area is 103 Å². The van der Waals surface area contributed by atoms with E-state index in [1.165, 1.54) is 18.5 Å². The van der Waals surface area contributed by atoms with E-state index in [1.54, 1.807) is 13.0 Å². The molecular weight excluding hydrogens is 240 g/mol. The van der Waals surface area contributed by atoms with Crippen LogP contribution < -0.4 is 10.0 Å². The first-order chi connectivity index (χ1) is 8.54. The van der Waals surface area contributed by atoms with Crippen molar-refractivity contribution >= 4 is 17.6 Å². The summed E-state index contributed by atoms with van der Waals surface area (Å²) >= 11 is 0. The summed E-state index contributed by atoms with van der Waals surface area (Å²) in [6.45, 7) is 1.65. The number of nitrogens with zero attached hydrogens (tertiary/aromatic N) is 1. The van der Waals surface area contributed by atoms with Gasteiger partial charge < -0.3 is 20.4 Å². The third kappa shape index (κ3) is 3.78. The number of esters is 1. The smallest absolute Gasteiger partial charge is 0.347 e. The number of carbonyl (C=O) groups excluding carboxylic acids is 1. The van der Waals surface area contributed by atoms with E-state index in [2.05, 4.69) is 10.1 Å². The van der Waals surface area contributed by atoms with Gasteiger partial charge in [0, 0.05) is 12.3 Å². The first-order valence-corrected chi connectivity index (χ1v) is 5.10. The van der Waals surface area contributed by atoms with Crippen molar-refractivity contribution in [3.63, 3.8) is 0 Å². The van der Waals surface area contributed by atoms with Crippen LogP contribution in [0, 0.1) is 5.21 Å². The summed E-state index contributed by atoms with van der Waals surface area (Å²) in [5, 5.41) is 22.3. The molecule has 0 saturated carbocycles. The molecule has 7 heteroatoms. The van der Waals surface area contributed by atoms with Gasteiger partial charge in [0.1, 0.15) is 5.69 Å². The van der Waals surface area contributed by atoms with Crippen LogP contribution in [0.2, 0.25) is 0 Å². The van der Waals surface area contributed by atoms with Crippen molar-refractivity contribution in [1.82, 2.24) is 0 Å². The molecule has 0 aromatic carbocycles. The van der Waals surface area contributed by atoms with Gasteiger partial charge in [0.15, 0.2) is 11.8 Å². The molecule has 0 saturated heterocycles. The Bertz CT molecular complexity index is 484. The molecule has 0 fully saturated rings. The van der Waals surface area contributed by atoms with E-state index in [9.17, 15) is 14.8 Å². The standard InChI is InChI=1S/C11H12N2O5/c1-2-18-11(16)9(10(14)15)6-12-8-4-3-5-13(17)7-8/h3-7,12H,2H2,1H3,(H,14,15)/b9-6-. The van der Waals surface area contributed by atoms with Crippen LogP contribution in [0.15, 0.2) is 36.3 Å². The fourth-order valence-corrected chi connectivity index (χ4v) is 1.11. The molecule has 1 aromatic rings. The lowest BCUT2D eigenvalue weighted by atomic mass is 10.3. The summed E-state index contributed by atoms with van der Waals surface area (Å²) in [6, 6.07) is 3.03. The maximum Gasteiger partial charge on any atom is 0.347 e. The monoisotopic (exact) mass is 252 g/mol. The Balaban J connectivity index is 2.84. The van der Waals surface area contributed by atoms with E-state index in [-0.39, 0.29) is 6.61 Å². The van der Waals surface area contributed by atoms with Crippen LogP contribution in [0.1, 0.15) is 6.92 Å². The molecule has 96 valence electrons. The van der Waals surface area contributed by atoms with Gasteiger partial charge in [0.25, 0.3) is 0 Å². The normalized spacial score (nSPS) is 10.8. The predicted octanol–water partition coefficient (Wildman–Crippen LogP) is 0.264. The van der Waals surface area contributed by atoms with Gasteiger partial charge in [-0.2, -0.15) is 4.73 Å². The highest BCUT2D eigenvalue weighted by atomic mass is 16.5. The molecule has 2 N–H and O–H groups in total. The summed E-state index contributed by atoms with van der Waals surface area (Å²) in [7, 11) is 0. The molecule has 0 atom stereocenters. The van der Waals surface area contributed by atoms with Crippen molar-refractivity contribution < 1.29 is 24.2 Å². The highest BCUT2D eigenvalue weighted by molar-refractivity contribution is 6.13. The van der Waals surface area contributed by atoms with Crippen LogP contribution in [0.3, 0.4) is 0 Å². The number of carboxylic acids is 1. The average molecular weight is 252 g/mol. The topological polar surface area (TPSA) is 103 Å². The zero-order chi connectivity index (χ0) is 13.5. The van der Waals surface area contributed by atoms with Gasteiger partial charge >= 0.3 is 11.9 Å². The molecule has 0 amide bonds. The number of nitrogens with one attached hydrogen (secondary N) is 1. The molecule has 0 unspecified atom stereocenters. The Morgan fingerprint density at radius 1 is 1.61 bits per heavy atom. The third-order valence-electron chi connectivity index (χ3n) is 1.88. The molecule has 0 spiro atoms. The van der Waals surface area contributed by atoms with E-state index in [0.717, 1.165) is 6.20 Å². The van der Waals surface area contributed by atoms with Gasteiger partial charge in [-0.15, -0.1) is 0 Å². The second-order valence-electron chi connectivity index (χ2n) is 3.18. The summed E-state index contributed by atoms with van der Waals surface area (Å²) in [6.07, 6.45) is 3.45. The van der Waals surface area contributed by atoms with Crippen molar-refractivity contribution in [3.05, 3.63) is 41.5 Å². The Morgan fingerprint density at radius 2 is 2.33 bits per heavy atom. The Hall–Kier alpha value is -2.57. The van der Waals surface area contributed by atoms with Crippen LogP contribution >= 0.6 is 0 Å². The lowest BCUT2D eigenvalue weighted by Crippen LogP contribution is -2.24. The van der Waals surface area contributed by atoms with Crippen molar-refractivity contribution in [1.29, 1.82) is 0 Å². The van der Waals surface area contributed by atoms with E-state index in [0.29, 0.717) is 10.4 Å². The first-order valence-electron chi connectivity index (χ1n) is 5.10. The van der Waals surface area contributed by atoms with Gasteiger partial charge in [-0.25, -0.2) is 9.59 Å². The highest BCUT2D eigenvalue weighted by Gasteiger charge is 2.18. The maximum atomic E-state index is 11.3. The molecule has 0 aliphatic carbocycles. The third-order valence-corrected chi connectivity index (χ3v) is 1.88. The molecule has 0 aliphatic heterocycles. The number of carboxylic acid groups (broad SMARTS) is 1. The van der Waals surface area contributed by atoms with Gasteiger partial charge in [0.2, 0.25) is 6.20 Å². The number of hydrogen-bond donors (Lipinski definition) is 2. The summed E-state index contributed by atoms with van der Waals surface area (Å²) < 4.78 is 5.13. The first kappa shape index (κ1) is 13.5. The van der Waals surface area contributed by atoms with Crippen molar-refractivity contribution in [2.24, 2.45) is 0 Å². The number of rotatable bonds is 5. The van der Waals surface area contributed by atoms with Gasteiger partial charge in [-0.05, 0) is 13.0 Å². The molecular formula is C11H12N2O5. The lowest BCUT2D eigenvalue weighted by Gasteiger charge is -2.04. The minimum absolute atomic E-state index is 0.0787. The van der Waals surface area contributed by atoms with Crippen molar-refractivity contribution in [2.75, 3.05) is 11.9 Å². The van der Waals surface area contributed by atoms with Crippen LogP contribution in [0.5, 0.6) is 0 Å². The van der Waals surface area contributed by atoms with Crippen LogP contribution in [0.4, 0.5) is 5.69 Å². The van der Waals surface area contributed by atoms with Gasteiger partial charge in [-0.1, -0.05) is 0 Å². The Morgan fingerprint density at radius 3 is 2.89 bits per heavy atom. The number of ether oxygens (including phenoxy) is 1. The number of anilines is 1. The minimum atomic E-state index is -1.41. The van der Waals surface area contributed by atoms with Gasteiger partial charge in [0.05, 0.1) is 6.61 Å². The quantitative estimate of drug-likeness (QED) is 0.195. The number of carbonyl (C=O) groups is 2. The predicted molar refractivity (Wildman–Crippen MR) is 61.4 cm³/mol. The van der Waals surface area contributed by atoms with Crippen LogP contribution in [-0.4, -0.2) is 23.7 Å². The summed E-state index contributed by atoms with van der Waals surface area (Å²) in [5.74, 6) is -2.35. The van der Waals surface area contributed by atoms with Crippen LogP contribution in [-0.2, 0) is 14.3 Å². The van der Waals surface area contributed by atoms with E-state index < -0.39 is 17.5 Å². The summed E-state index contributed by atoms with van der Waals surface area (Å²) in [4.78, 5) is 22.1. The van der Waals surface area contributed by atoms with E-state index in [4.69, 9.17) is 5.11 Å². The number of aromatic nitrogens is 1. The van der Waals surface area contributed by atoms with Gasteiger partial charge in [-0.3, -0.25) is 0 Å². The average Bonchev–Trinajstić information content (AvgIpc) is 2.29. The van der Waals surface area contributed by atoms with Crippen molar-refractivity contribution in [3.8, 4) is 0 Å². The fourth-order valence-electron chi connectivity index (χ4n) is 1.11. The fraction of sp³-hybridized carbons (Fsp3) is 0.182. The molecule has 0 aliphatic rings. The zero-order valence-electron chi connectivity index (χ0n) is 9.62. The van der Waals surface area contributed by atoms with E-state index in [1.807, 2.05) is 0 Å². The molecule has 7 nitrogen and oxygen atoms in total. The SMILES string of the molecule is CCOC(=O)/C(=C\Nc1ccc[n+]([O-])c1)C(=O)O. The lowest BCUT2D eigenvalue weighted by molar-refractivity contribution is -0.604. The highest BCUT2D eigenvalue weighted by Crippen LogP contribution is 2.05. The van der Waals surface area contributed by atoms with E-state index >= 15 is 0 Å². The molecule has 1 aromatic heterocycles. The number of aliphatic carboxylic acids is 1. The summed E-state index contributed by atoms with van der Waals surface area (Å²) in [5.41, 5.74) is -0.186. The largest absolute Gasteiger partial charge is 0.619 e. The number of pyridine rings is 1. The molecule has 0 radical (unpaired) electrons. The Kier molecular flexibility index (Phi) is 4.67.